The van der Waals surface area contributed by atoms with Crippen molar-refractivity contribution in [3.05, 3.63) is 24.3 Å². The van der Waals surface area contributed by atoms with Crippen molar-refractivity contribution in [2.45, 2.75) is 39.7 Å². The Balaban J connectivity index is 1.61. The van der Waals surface area contributed by atoms with Gasteiger partial charge in [-0.3, -0.25) is 4.79 Å². The number of imidazole rings is 1. The summed E-state index contributed by atoms with van der Waals surface area (Å²) in [6.45, 7) is 7.67. The average Bonchev–Trinajstić information content (AvgIpc) is 2.91. The molecule has 0 bridgehead atoms. The second-order valence-electron chi connectivity index (χ2n) is 7.06. The number of rotatable bonds is 2. The molecule has 2 N–H and O–H groups in total. The van der Waals surface area contributed by atoms with Gasteiger partial charge in [0.15, 0.2) is 0 Å². The molecule has 0 atom stereocenters. The van der Waals surface area contributed by atoms with Gasteiger partial charge in [-0.1, -0.05) is 32.9 Å². The number of piperidine rings is 1. The van der Waals surface area contributed by atoms with Crippen molar-refractivity contribution in [3.8, 4) is 0 Å². The van der Waals surface area contributed by atoms with E-state index in [1.807, 2.05) is 45.0 Å². The molecular weight excluding hydrogens is 276 g/mol. The zero-order valence-corrected chi connectivity index (χ0v) is 13.5. The average molecular weight is 300 g/mol. The van der Waals surface area contributed by atoms with Crippen molar-refractivity contribution in [3.63, 3.8) is 0 Å². The highest BCUT2D eigenvalue weighted by molar-refractivity contribution is 5.81. The Labute approximate surface area is 131 Å². The van der Waals surface area contributed by atoms with E-state index in [0.29, 0.717) is 0 Å². The lowest BCUT2D eigenvalue weighted by Gasteiger charge is -2.33. The van der Waals surface area contributed by atoms with E-state index in [0.717, 1.165) is 42.9 Å². The van der Waals surface area contributed by atoms with Crippen molar-refractivity contribution in [2.24, 2.45) is 5.41 Å². The summed E-state index contributed by atoms with van der Waals surface area (Å²) in [4.78, 5) is 22.3. The van der Waals surface area contributed by atoms with Gasteiger partial charge in [0.1, 0.15) is 0 Å². The van der Waals surface area contributed by atoms with E-state index < -0.39 is 0 Å². The van der Waals surface area contributed by atoms with Crippen LogP contribution in [0.1, 0.15) is 33.6 Å². The van der Waals surface area contributed by atoms with Crippen LogP contribution in [-0.2, 0) is 4.79 Å². The Hall–Kier alpha value is -2.04. The molecule has 2 heterocycles. The number of carbonyl (C=O) groups is 1. The normalized spacial score (nSPS) is 17.0. The van der Waals surface area contributed by atoms with Crippen LogP contribution in [0.3, 0.4) is 0 Å². The van der Waals surface area contributed by atoms with Gasteiger partial charge in [-0.25, -0.2) is 4.98 Å². The minimum Gasteiger partial charge on any atom is -0.353 e. The van der Waals surface area contributed by atoms with Crippen LogP contribution in [0.2, 0.25) is 0 Å². The first-order valence-electron chi connectivity index (χ1n) is 7.94. The number of benzene rings is 1. The van der Waals surface area contributed by atoms with Gasteiger partial charge in [-0.05, 0) is 25.0 Å². The fourth-order valence-electron chi connectivity index (χ4n) is 2.73. The van der Waals surface area contributed by atoms with Crippen LogP contribution < -0.4 is 10.2 Å². The first-order chi connectivity index (χ1) is 10.4. The number of hydrogen-bond acceptors (Lipinski definition) is 3. The molecule has 0 aliphatic carbocycles. The number of amides is 1. The Morgan fingerprint density at radius 3 is 2.59 bits per heavy atom. The molecule has 0 unspecified atom stereocenters. The second kappa shape index (κ2) is 5.63. The maximum atomic E-state index is 12.1. The Morgan fingerprint density at radius 1 is 1.27 bits per heavy atom. The fraction of sp³-hybridized carbons (Fsp3) is 0.529. The third-order valence-electron chi connectivity index (χ3n) is 4.19. The highest BCUT2D eigenvalue weighted by atomic mass is 16.2. The molecule has 5 nitrogen and oxygen atoms in total. The van der Waals surface area contributed by atoms with Crippen LogP contribution >= 0.6 is 0 Å². The zero-order chi connectivity index (χ0) is 15.7. The molecule has 1 aliphatic rings. The van der Waals surface area contributed by atoms with Gasteiger partial charge in [-0.15, -0.1) is 0 Å². The highest BCUT2D eigenvalue weighted by Crippen LogP contribution is 2.21. The summed E-state index contributed by atoms with van der Waals surface area (Å²) in [6, 6.07) is 8.35. The number of aromatic nitrogens is 2. The zero-order valence-electron chi connectivity index (χ0n) is 13.5. The van der Waals surface area contributed by atoms with E-state index in [-0.39, 0.29) is 17.4 Å². The first kappa shape index (κ1) is 14.9. The molecule has 1 aromatic heterocycles. The van der Waals surface area contributed by atoms with Gasteiger partial charge in [-0.2, -0.15) is 0 Å². The number of hydrogen-bond donors (Lipinski definition) is 2. The largest absolute Gasteiger partial charge is 0.353 e. The quantitative estimate of drug-likeness (QED) is 0.896. The number of carbonyl (C=O) groups excluding carboxylic acids is 1. The van der Waals surface area contributed by atoms with E-state index >= 15 is 0 Å². The van der Waals surface area contributed by atoms with Crippen LogP contribution in [-0.4, -0.2) is 35.0 Å². The van der Waals surface area contributed by atoms with Crippen LogP contribution in [0, 0.1) is 5.41 Å². The molecule has 0 radical (unpaired) electrons. The van der Waals surface area contributed by atoms with Crippen LogP contribution in [0.25, 0.3) is 11.0 Å². The molecule has 1 aromatic carbocycles. The molecule has 0 spiro atoms. The minimum atomic E-state index is -0.324. The Bertz CT molecular complexity index is 630. The molecule has 1 aliphatic heterocycles. The molecule has 1 amide bonds. The lowest BCUT2D eigenvalue weighted by molar-refractivity contribution is -0.129. The number of para-hydroxylation sites is 2. The summed E-state index contributed by atoms with van der Waals surface area (Å²) in [5, 5.41) is 3.16. The predicted molar refractivity (Wildman–Crippen MR) is 88.9 cm³/mol. The summed E-state index contributed by atoms with van der Waals surface area (Å²) in [5.41, 5.74) is 1.75. The van der Waals surface area contributed by atoms with E-state index in [1.165, 1.54) is 0 Å². The van der Waals surface area contributed by atoms with E-state index in [4.69, 9.17) is 0 Å². The lowest BCUT2D eigenvalue weighted by atomic mass is 9.94. The number of anilines is 1. The summed E-state index contributed by atoms with van der Waals surface area (Å²) >= 11 is 0. The Morgan fingerprint density at radius 2 is 1.95 bits per heavy atom. The van der Waals surface area contributed by atoms with E-state index in [2.05, 4.69) is 20.2 Å². The van der Waals surface area contributed by atoms with Crippen molar-refractivity contribution in [1.29, 1.82) is 0 Å². The van der Waals surface area contributed by atoms with Crippen molar-refractivity contribution >= 4 is 22.9 Å². The second-order valence-corrected chi connectivity index (χ2v) is 7.06. The Kier molecular flexibility index (Phi) is 3.81. The number of fused-ring (bicyclic) bond motifs is 1. The van der Waals surface area contributed by atoms with Gasteiger partial charge in [0.25, 0.3) is 0 Å². The van der Waals surface area contributed by atoms with Gasteiger partial charge in [0.2, 0.25) is 11.9 Å². The summed E-state index contributed by atoms with van der Waals surface area (Å²) in [7, 11) is 0. The van der Waals surface area contributed by atoms with Crippen molar-refractivity contribution in [2.75, 3.05) is 18.0 Å². The molecule has 1 saturated heterocycles. The summed E-state index contributed by atoms with van der Waals surface area (Å²) in [6.07, 6.45) is 1.91. The highest BCUT2D eigenvalue weighted by Gasteiger charge is 2.27. The van der Waals surface area contributed by atoms with Gasteiger partial charge in [0, 0.05) is 24.5 Å². The number of H-pyrrole nitrogens is 1. The molecule has 2 aromatic rings. The van der Waals surface area contributed by atoms with Crippen LogP contribution in [0.5, 0.6) is 0 Å². The standard InChI is InChI=1S/C17H24N4O/c1-17(2,3)15(22)18-12-8-10-21(11-9-12)16-19-13-6-4-5-7-14(13)20-16/h4-7,12H,8-11H2,1-3H3,(H,18,22)(H,19,20). The third kappa shape index (κ3) is 3.08. The summed E-state index contributed by atoms with van der Waals surface area (Å²) < 4.78 is 0. The molecule has 22 heavy (non-hydrogen) atoms. The number of nitrogens with one attached hydrogen (secondary N) is 2. The SMILES string of the molecule is CC(C)(C)C(=O)NC1CCN(c2nc3ccccc3[nH]2)CC1. The molecule has 0 saturated carbocycles. The van der Waals surface area contributed by atoms with Crippen LogP contribution in [0.15, 0.2) is 24.3 Å². The molecule has 5 heteroatoms. The summed E-state index contributed by atoms with van der Waals surface area (Å²) in [5.74, 6) is 1.07. The number of nitrogens with zero attached hydrogens (tertiary/aromatic N) is 2. The lowest BCUT2D eigenvalue weighted by Crippen LogP contribution is -2.48. The molecule has 3 rings (SSSR count). The van der Waals surface area contributed by atoms with Gasteiger partial charge < -0.3 is 15.2 Å². The predicted octanol–water partition coefficient (Wildman–Crippen LogP) is 2.69. The van der Waals surface area contributed by atoms with Gasteiger partial charge in [0.05, 0.1) is 11.0 Å². The van der Waals surface area contributed by atoms with Crippen molar-refractivity contribution in [1.82, 2.24) is 15.3 Å². The van der Waals surface area contributed by atoms with Crippen molar-refractivity contribution < 1.29 is 4.79 Å². The number of aromatic amines is 1. The molecule has 118 valence electrons. The first-order valence-corrected chi connectivity index (χ1v) is 7.94. The maximum absolute atomic E-state index is 12.1. The smallest absolute Gasteiger partial charge is 0.225 e. The fourth-order valence-corrected chi connectivity index (χ4v) is 2.73. The molecule has 1 fully saturated rings. The van der Waals surface area contributed by atoms with E-state index in [1.54, 1.807) is 0 Å². The monoisotopic (exact) mass is 300 g/mol. The third-order valence-corrected chi connectivity index (χ3v) is 4.19. The minimum absolute atomic E-state index is 0.134. The maximum Gasteiger partial charge on any atom is 0.225 e. The van der Waals surface area contributed by atoms with E-state index in [9.17, 15) is 4.79 Å². The van der Waals surface area contributed by atoms with Crippen LogP contribution in [0.4, 0.5) is 5.95 Å². The van der Waals surface area contributed by atoms with Gasteiger partial charge >= 0.3 is 0 Å². The topological polar surface area (TPSA) is 61.0 Å². The molecular formula is C17H24N4O.